The quantitative estimate of drug-likeness (QED) is 0.544. The van der Waals surface area contributed by atoms with Gasteiger partial charge in [0.1, 0.15) is 0 Å². The van der Waals surface area contributed by atoms with Crippen molar-refractivity contribution < 1.29 is 9.72 Å². The molecule has 1 aromatic carbocycles. The summed E-state index contributed by atoms with van der Waals surface area (Å²) >= 11 is 0. The molecule has 18 heavy (non-hydrogen) atoms. The van der Waals surface area contributed by atoms with E-state index in [1.54, 1.807) is 6.07 Å². The molecule has 0 bridgehead atoms. The van der Waals surface area contributed by atoms with Crippen LogP contribution in [0.3, 0.4) is 0 Å². The Hall–Kier alpha value is -2.15. The molecule has 0 saturated carbocycles. The smallest absolute Gasteiger partial charge is 0.319 e. The van der Waals surface area contributed by atoms with Gasteiger partial charge in [0.2, 0.25) is 0 Å². The zero-order valence-corrected chi connectivity index (χ0v) is 10.1. The van der Waals surface area contributed by atoms with E-state index in [1.165, 1.54) is 18.2 Å². The molecule has 7 nitrogen and oxygen atoms in total. The van der Waals surface area contributed by atoms with E-state index in [2.05, 4.69) is 10.6 Å². The van der Waals surface area contributed by atoms with Gasteiger partial charge in [0.25, 0.3) is 5.69 Å². The predicted octanol–water partition coefficient (Wildman–Crippen LogP) is 1.45. The molecule has 0 spiro atoms. The highest BCUT2D eigenvalue weighted by Gasteiger charge is 2.07. The Morgan fingerprint density at radius 3 is 2.89 bits per heavy atom. The first-order chi connectivity index (χ1) is 8.49. The number of non-ortho nitro benzene ring substituents is 1. The van der Waals surface area contributed by atoms with Gasteiger partial charge in [-0.2, -0.15) is 0 Å². The van der Waals surface area contributed by atoms with Crippen molar-refractivity contribution in [2.75, 3.05) is 11.9 Å². The van der Waals surface area contributed by atoms with Crippen molar-refractivity contribution in [3.05, 3.63) is 34.4 Å². The number of hydrogen-bond acceptors (Lipinski definition) is 4. The van der Waals surface area contributed by atoms with Gasteiger partial charge in [0.05, 0.1) is 4.92 Å². The zero-order valence-electron chi connectivity index (χ0n) is 10.1. The summed E-state index contributed by atoms with van der Waals surface area (Å²) < 4.78 is 0. The van der Waals surface area contributed by atoms with E-state index in [0.29, 0.717) is 18.7 Å². The summed E-state index contributed by atoms with van der Waals surface area (Å²) in [5, 5.41) is 15.7. The Morgan fingerprint density at radius 2 is 2.28 bits per heavy atom. The minimum absolute atomic E-state index is 0.0168. The van der Waals surface area contributed by atoms with Gasteiger partial charge in [0, 0.05) is 30.4 Å². The van der Waals surface area contributed by atoms with E-state index in [-0.39, 0.29) is 11.7 Å². The van der Waals surface area contributed by atoms with Crippen LogP contribution >= 0.6 is 0 Å². The summed E-state index contributed by atoms with van der Waals surface area (Å²) in [6.07, 6.45) is 0.669. The van der Waals surface area contributed by atoms with E-state index in [4.69, 9.17) is 5.73 Å². The van der Waals surface area contributed by atoms with Gasteiger partial charge in [-0.05, 0) is 19.4 Å². The molecule has 0 aliphatic rings. The number of nitrogens with two attached hydrogens (primary N) is 1. The van der Waals surface area contributed by atoms with Crippen molar-refractivity contribution in [3.63, 3.8) is 0 Å². The predicted molar refractivity (Wildman–Crippen MR) is 68.4 cm³/mol. The average Bonchev–Trinajstić information content (AvgIpc) is 2.28. The number of rotatable bonds is 5. The van der Waals surface area contributed by atoms with Crippen molar-refractivity contribution >= 4 is 17.4 Å². The van der Waals surface area contributed by atoms with Gasteiger partial charge in [-0.15, -0.1) is 0 Å². The molecular formula is C11H16N4O3. The first kappa shape index (κ1) is 13.9. The third-order valence-electron chi connectivity index (χ3n) is 2.20. The average molecular weight is 252 g/mol. The fourth-order valence-electron chi connectivity index (χ4n) is 1.29. The third-order valence-corrected chi connectivity index (χ3v) is 2.20. The highest BCUT2D eigenvalue weighted by atomic mass is 16.6. The molecule has 1 rings (SSSR count). The molecule has 0 aromatic heterocycles. The van der Waals surface area contributed by atoms with Gasteiger partial charge in [0.15, 0.2) is 0 Å². The van der Waals surface area contributed by atoms with Crippen molar-refractivity contribution in [2.24, 2.45) is 5.73 Å². The van der Waals surface area contributed by atoms with Gasteiger partial charge in [-0.25, -0.2) is 4.79 Å². The maximum atomic E-state index is 11.4. The minimum atomic E-state index is -0.515. The number of nitrogens with zero attached hydrogens (tertiary/aromatic N) is 1. The molecule has 0 heterocycles. The van der Waals surface area contributed by atoms with Crippen LogP contribution in [0.2, 0.25) is 0 Å². The minimum Gasteiger partial charge on any atom is -0.338 e. The number of anilines is 1. The molecule has 0 radical (unpaired) electrons. The van der Waals surface area contributed by atoms with E-state index < -0.39 is 11.0 Å². The highest BCUT2D eigenvalue weighted by molar-refractivity contribution is 5.89. The maximum absolute atomic E-state index is 11.4. The largest absolute Gasteiger partial charge is 0.338 e. The van der Waals surface area contributed by atoms with Crippen LogP contribution in [0.25, 0.3) is 0 Å². The molecule has 0 aliphatic heterocycles. The Bertz CT molecular complexity index is 434. The molecule has 0 fully saturated rings. The van der Waals surface area contributed by atoms with Crippen LogP contribution < -0.4 is 16.4 Å². The third kappa shape index (κ3) is 4.79. The molecule has 1 unspecified atom stereocenters. The Morgan fingerprint density at radius 1 is 1.56 bits per heavy atom. The SMILES string of the molecule is CC(N)CCNC(=O)Nc1cccc([N+](=O)[O-])c1. The summed E-state index contributed by atoms with van der Waals surface area (Å²) in [6, 6.07) is 5.36. The van der Waals surface area contributed by atoms with E-state index in [1.807, 2.05) is 6.92 Å². The molecule has 0 aliphatic carbocycles. The van der Waals surface area contributed by atoms with Crippen LogP contribution in [0.5, 0.6) is 0 Å². The molecule has 4 N–H and O–H groups in total. The normalized spacial score (nSPS) is 11.7. The van der Waals surface area contributed by atoms with Gasteiger partial charge in [-0.1, -0.05) is 6.07 Å². The summed E-state index contributed by atoms with van der Waals surface area (Å²) in [4.78, 5) is 21.5. The maximum Gasteiger partial charge on any atom is 0.319 e. The fourth-order valence-corrected chi connectivity index (χ4v) is 1.29. The van der Waals surface area contributed by atoms with Crippen molar-refractivity contribution in [1.29, 1.82) is 0 Å². The lowest BCUT2D eigenvalue weighted by molar-refractivity contribution is -0.384. The van der Waals surface area contributed by atoms with Crippen LogP contribution in [0.1, 0.15) is 13.3 Å². The Labute approximate surface area is 105 Å². The van der Waals surface area contributed by atoms with Gasteiger partial charge >= 0.3 is 6.03 Å². The number of benzene rings is 1. The summed E-state index contributed by atoms with van der Waals surface area (Å²) in [5.74, 6) is 0. The summed E-state index contributed by atoms with van der Waals surface area (Å²) in [5.41, 5.74) is 5.85. The molecular weight excluding hydrogens is 236 g/mol. The molecule has 1 aromatic rings. The zero-order chi connectivity index (χ0) is 13.5. The number of carbonyl (C=O) groups excluding carboxylic acids is 1. The molecule has 98 valence electrons. The Balaban J connectivity index is 2.49. The number of nitro benzene ring substituents is 1. The number of hydrogen-bond donors (Lipinski definition) is 3. The number of amides is 2. The van der Waals surface area contributed by atoms with Crippen molar-refractivity contribution in [2.45, 2.75) is 19.4 Å². The van der Waals surface area contributed by atoms with Gasteiger partial charge < -0.3 is 16.4 Å². The van der Waals surface area contributed by atoms with E-state index in [0.717, 1.165) is 0 Å². The van der Waals surface area contributed by atoms with E-state index >= 15 is 0 Å². The number of nitro groups is 1. The number of urea groups is 1. The number of carbonyl (C=O) groups is 1. The summed E-state index contributed by atoms with van der Waals surface area (Å²) in [7, 11) is 0. The second-order valence-corrected chi connectivity index (χ2v) is 3.95. The Kier molecular flexibility index (Phi) is 5.06. The lowest BCUT2D eigenvalue weighted by atomic mass is 10.2. The van der Waals surface area contributed by atoms with E-state index in [9.17, 15) is 14.9 Å². The standard InChI is InChI=1S/C11H16N4O3/c1-8(12)5-6-13-11(16)14-9-3-2-4-10(7-9)15(17)18/h2-4,7-8H,5-6,12H2,1H3,(H2,13,14,16). The second kappa shape index (κ2) is 6.55. The topological polar surface area (TPSA) is 110 Å². The molecule has 7 heteroatoms. The van der Waals surface area contributed by atoms with Gasteiger partial charge in [-0.3, -0.25) is 10.1 Å². The van der Waals surface area contributed by atoms with Crippen LogP contribution in [0.4, 0.5) is 16.2 Å². The molecule has 2 amide bonds. The first-order valence-electron chi connectivity index (χ1n) is 5.54. The highest BCUT2D eigenvalue weighted by Crippen LogP contribution is 2.16. The van der Waals surface area contributed by atoms with Crippen LogP contribution in [-0.2, 0) is 0 Å². The second-order valence-electron chi connectivity index (χ2n) is 3.95. The first-order valence-corrected chi connectivity index (χ1v) is 5.54. The van der Waals surface area contributed by atoms with Crippen LogP contribution in [-0.4, -0.2) is 23.5 Å². The van der Waals surface area contributed by atoms with Crippen LogP contribution in [0, 0.1) is 10.1 Å². The monoisotopic (exact) mass is 252 g/mol. The number of nitrogens with one attached hydrogen (secondary N) is 2. The van der Waals surface area contributed by atoms with Crippen molar-refractivity contribution in [3.8, 4) is 0 Å². The van der Waals surface area contributed by atoms with Crippen LogP contribution in [0.15, 0.2) is 24.3 Å². The summed E-state index contributed by atoms with van der Waals surface area (Å²) in [6.45, 7) is 2.30. The lowest BCUT2D eigenvalue weighted by Gasteiger charge is -2.08. The molecule has 1 atom stereocenters. The fraction of sp³-hybridized carbons (Fsp3) is 0.364. The lowest BCUT2D eigenvalue weighted by Crippen LogP contribution is -2.32. The van der Waals surface area contributed by atoms with Crippen molar-refractivity contribution in [1.82, 2.24) is 5.32 Å². The molecule has 0 saturated heterocycles.